The number of hydrogen-bond donors (Lipinski definition) is 2. The molecule has 0 unspecified atom stereocenters. The van der Waals surface area contributed by atoms with E-state index in [1.54, 1.807) is 37.2 Å². The van der Waals surface area contributed by atoms with Crippen LogP contribution < -0.4 is 19.9 Å². The van der Waals surface area contributed by atoms with E-state index in [4.69, 9.17) is 13.7 Å². The standard InChI is InChI=1S/C29H33F3N6O4S/c1-28(2,42-43)41-12-4-3-11-40-23-14-21(15-33-16-23)35-27(39)38-22-9-6-10-37(18-22)24-17-34-25(36-26(24)38)19-7-5-8-20(13-19)29(30,31)32/h5,7-8,13-17,22,43H,3-4,6,9-12,18H2,1-2H3,(H,35,39)/t22-/m0/s1. The second-order valence-corrected chi connectivity index (χ2v) is 11.0. The summed E-state index contributed by atoms with van der Waals surface area (Å²) in [6.45, 7) is 5.85. The molecule has 4 heterocycles. The monoisotopic (exact) mass is 618 g/mol. The van der Waals surface area contributed by atoms with Crippen LogP contribution in [-0.2, 0) is 15.1 Å². The number of carbonyl (C=O) groups excluding carboxylic acids is 1. The van der Waals surface area contributed by atoms with Crippen LogP contribution in [0.15, 0.2) is 48.9 Å². The van der Waals surface area contributed by atoms with Crippen LogP contribution >= 0.6 is 12.9 Å². The van der Waals surface area contributed by atoms with Crippen LogP contribution in [-0.4, -0.2) is 59.1 Å². The number of aromatic nitrogens is 3. The van der Waals surface area contributed by atoms with Crippen molar-refractivity contribution in [3.63, 3.8) is 0 Å². The molecule has 2 amide bonds. The highest BCUT2D eigenvalue weighted by Gasteiger charge is 2.39. The average Bonchev–Trinajstić information content (AvgIpc) is 2.99. The molecule has 3 aromatic rings. The van der Waals surface area contributed by atoms with Gasteiger partial charge in [-0.2, -0.15) is 13.2 Å². The van der Waals surface area contributed by atoms with Gasteiger partial charge in [-0.15, -0.1) is 0 Å². The summed E-state index contributed by atoms with van der Waals surface area (Å²) in [5, 5.41) is 2.89. The van der Waals surface area contributed by atoms with E-state index in [-0.39, 0.29) is 17.4 Å². The molecule has 0 radical (unpaired) electrons. The number of unbranched alkanes of at least 4 members (excludes halogenated alkanes) is 1. The first-order chi connectivity index (χ1) is 20.5. The maximum Gasteiger partial charge on any atom is 0.416 e. The predicted octanol–water partition coefficient (Wildman–Crippen LogP) is 6.35. The van der Waals surface area contributed by atoms with Crippen molar-refractivity contribution in [1.82, 2.24) is 15.0 Å². The largest absolute Gasteiger partial charge is 0.492 e. The molecule has 230 valence electrons. The molecule has 2 aliphatic heterocycles. The highest BCUT2D eigenvalue weighted by molar-refractivity contribution is 7.75. The molecule has 0 spiro atoms. The molecule has 0 saturated carbocycles. The number of halogens is 3. The summed E-state index contributed by atoms with van der Waals surface area (Å²) < 4.78 is 56.4. The van der Waals surface area contributed by atoms with Crippen LogP contribution in [0.25, 0.3) is 11.4 Å². The van der Waals surface area contributed by atoms with Crippen molar-refractivity contribution in [1.29, 1.82) is 0 Å². The maximum absolute atomic E-state index is 13.7. The van der Waals surface area contributed by atoms with Crippen molar-refractivity contribution in [3.8, 4) is 17.1 Å². The fourth-order valence-corrected chi connectivity index (χ4v) is 5.10. The van der Waals surface area contributed by atoms with Gasteiger partial charge in [0.05, 0.1) is 54.8 Å². The van der Waals surface area contributed by atoms with Crippen LogP contribution in [0.2, 0.25) is 0 Å². The highest BCUT2D eigenvalue weighted by Crippen LogP contribution is 2.39. The number of anilines is 3. The Labute approximate surface area is 253 Å². The van der Waals surface area contributed by atoms with Crippen molar-refractivity contribution < 1.29 is 31.6 Å². The number of piperidine rings is 1. The molecule has 1 aromatic carbocycles. The van der Waals surface area contributed by atoms with Crippen LogP contribution in [0.5, 0.6) is 5.75 Å². The highest BCUT2D eigenvalue weighted by atomic mass is 32.1. The molecule has 10 nitrogen and oxygen atoms in total. The zero-order chi connectivity index (χ0) is 30.6. The van der Waals surface area contributed by atoms with Gasteiger partial charge >= 0.3 is 12.2 Å². The van der Waals surface area contributed by atoms with Gasteiger partial charge in [-0.05, 0) is 64.6 Å². The van der Waals surface area contributed by atoms with E-state index in [9.17, 15) is 18.0 Å². The number of thiol groups is 1. The molecule has 43 heavy (non-hydrogen) atoms. The fourth-order valence-electron chi connectivity index (χ4n) is 5.05. The van der Waals surface area contributed by atoms with Gasteiger partial charge in [0.25, 0.3) is 0 Å². The summed E-state index contributed by atoms with van der Waals surface area (Å²) in [5.74, 6) is 0.185. The summed E-state index contributed by atoms with van der Waals surface area (Å²) >= 11 is 3.79. The molecular formula is C29H33F3N6O4S. The van der Waals surface area contributed by atoms with Gasteiger partial charge in [0.2, 0.25) is 0 Å². The number of urea groups is 1. The minimum Gasteiger partial charge on any atom is -0.492 e. The fraction of sp³-hybridized carbons (Fsp3) is 0.448. The van der Waals surface area contributed by atoms with Gasteiger partial charge < -0.3 is 19.7 Å². The third-order valence-corrected chi connectivity index (χ3v) is 7.63. The van der Waals surface area contributed by atoms with Crippen molar-refractivity contribution >= 4 is 36.1 Å². The van der Waals surface area contributed by atoms with Crippen LogP contribution in [0, 0.1) is 0 Å². The van der Waals surface area contributed by atoms with Crippen molar-refractivity contribution in [3.05, 3.63) is 54.5 Å². The van der Waals surface area contributed by atoms with E-state index in [0.717, 1.165) is 44.4 Å². The Morgan fingerprint density at radius 2 is 1.95 bits per heavy atom. The first-order valence-corrected chi connectivity index (χ1v) is 14.3. The van der Waals surface area contributed by atoms with Gasteiger partial charge in [0.1, 0.15) is 5.75 Å². The molecule has 2 aliphatic rings. The number of amides is 2. The van der Waals surface area contributed by atoms with E-state index in [1.807, 2.05) is 0 Å². The molecule has 5 rings (SSSR count). The zero-order valence-corrected chi connectivity index (χ0v) is 24.7. The number of rotatable bonds is 10. The molecule has 1 N–H and O–H groups in total. The first kappa shape index (κ1) is 30.8. The van der Waals surface area contributed by atoms with E-state index in [2.05, 4.69) is 38.1 Å². The Balaban J connectivity index is 1.29. The minimum absolute atomic E-state index is 0.105. The summed E-state index contributed by atoms with van der Waals surface area (Å²) in [6, 6.07) is 5.94. The summed E-state index contributed by atoms with van der Waals surface area (Å²) in [6.07, 6.45) is 3.27. The third kappa shape index (κ3) is 7.48. The lowest BCUT2D eigenvalue weighted by Gasteiger charge is -2.45. The molecule has 0 aliphatic carbocycles. The normalized spacial score (nSPS) is 16.6. The van der Waals surface area contributed by atoms with Crippen molar-refractivity contribution in [2.75, 3.05) is 41.4 Å². The lowest BCUT2D eigenvalue weighted by Crippen LogP contribution is -2.56. The Morgan fingerprint density at radius 3 is 2.74 bits per heavy atom. The van der Waals surface area contributed by atoms with Gasteiger partial charge in [-0.25, -0.2) is 14.8 Å². The van der Waals surface area contributed by atoms with Gasteiger partial charge in [0.15, 0.2) is 17.4 Å². The average molecular weight is 619 g/mol. The topological polar surface area (TPSA) is 102 Å². The first-order valence-electron chi connectivity index (χ1n) is 14.0. The summed E-state index contributed by atoms with van der Waals surface area (Å²) in [7, 11) is 0. The Hall–Kier alpha value is -3.62. The van der Waals surface area contributed by atoms with E-state index >= 15 is 0 Å². The molecule has 1 fully saturated rings. The molecule has 2 aromatic heterocycles. The quantitative estimate of drug-likeness (QED) is 0.117. The number of nitrogens with one attached hydrogen (secondary N) is 1. The number of alkyl halides is 3. The number of benzene rings is 1. The Bertz CT molecular complexity index is 1440. The molecule has 2 bridgehead atoms. The number of carbonyl (C=O) groups is 1. The minimum atomic E-state index is -4.50. The van der Waals surface area contributed by atoms with Gasteiger partial charge in [-0.3, -0.25) is 14.1 Å². The lowest BCUT2D eigenvalue weighted by molar-refractivity contribution is -0.145. The zero-order valence-electron chi connectivity index (χ0n) is 23.8. The van der Waals surface area contributed by atoms with Crippen LogP contribution in [0.1, 0.15) is 45.1 Å². The predicted molar refractivity (Wildman–Crippen MR) is 158 cm³/mol. The van der Waals surface area contributed by atoms with Crippen molar-refractivity contribution in [2.45, 2.75) is 57.5 Å². The second-order valence-electron chi connectivity index (χ2n) is 10.8. The SMILES string of the molecule is CC(C)(OS)OCCCCOc1cncc(NC(=O)N2c3nc(-c4cccc(C(F)(F)F)c4)ncc3N3CCC[C@H]2C3)c1. The lowest BCUT2D eigenvalue weighted by atomic mass is 10.0. The number of ether oxygens (including phenoxy) is 2. The maximum atomic E-state index is 13.7. The number of pyridine rings is 1. The molecule has 1 saturated heterocycles. The third-order valence-electron chi connectivity index (χ3n) is 7.19. The number of nitrogens with zero attached hydrogens (tertiary/aromatic N) is 5. The number of hydrogen-bond acceptors (Lipinski definition) is 9. The van der Waals surface area contributed by atoms with E-state index < -0.39 is 23.6 Å². The molecular weight excluding hydrogens is 585 g/mol. The van der Waals surface area contributed by atoms with Gasteiger partial charge in [0, 0.05) is 24.7 Å². The van der Waals surface area contributed by atoms with E-state index in [0.29, 0.717) is 42.7 Å². The Morgan fingerprint density at radius 1 is 1.14 bits per heavy atom. The molecule has 1 atom stereocenters. The van der Waals surface area contributed by atoms with Crippen LogP contribution in [0.4, 0.5) is 35.2 Å². The smallest absolute Gasteiger partial charge is 0.416 e. The molecule has 14 heteroatoms. The number of fused-ring (bicyclic) bond motifs is 4. The summed E-state index contributed by atoms with van der Waals surface area (Å²) in [5.41, 5.74) is 0.510. The van der Waals surface area contributed by atoms with Crippen LogP contribution in [0.3, 0.4) is 0 Å². The Kier molecular flexibility index (Phi) is 9.28. The summed E-state index contributed by atoms with van der Waals surface area (Å²) in [4.78, 5) is 30.6. The van der Waals surface area contributed by atoms with Crippen molar-refractivity contribution in [2.24, 2.45) is 0 Å². The van der Waals surface area contributed by atoms with E-state index in [1.165, 1.54) is 18.3 Å². The van der Waals surface area contributed by atoms with Gasteiger partial charge in [-0.1, -0.05) is 12.1 Å². The second kappa shape index (κ2) is 12.9.